The highest BCUT2D eigenvalue weighted by atomic mass is 16.5. The lowest BCUT2D eigenvalue weighted by Gasteiger charge is -2.14. The molecule has 2 N–H and O–H groups in total. The molecule has 4 nitrogen and oxygen atoms in total. The number of anilines is 2. The minimum Gasteiger partial charge on any atom is -0.465 e. The van der Waals surface area contributed by atoms with Crippen molar-refractivity contribution in [3.05, 3.63) is 23.8 Å². The summed E-state index contributed by atoms with van der Waals surface area (Å²) < 4.78 is 4.61. The fourth-order valence-electron chi connectivity index (χ4n) is 1.13. The van der Waals surface area contributed by atoms with Crippen molar-refractivity contribution in [1.29, 1.82) is 0 Å². The predicted molar refractivity (Wildman–Crippen MR) is 56.5 cm³/mol. The van der Waals surface area contributed by atoms with E-state index < -0.39 is 0 Å². The lowest BCUT2D eigenvalue weighted by atomic mass is 10.1. The Kier molecular flexibility index (Phi) is 2.96. The van der Waals surface area contributed by atoms with Crippen LogP contribution in [0.2, 0.25) is 0 Å². The lowest BCUT2D eigenvalue weighted by Crippen LogP contribution is -2.11. The van der Waals surface area contributed by atoms with Crippen molar-refractivity contribution in [3.8, 4) is 0 Å². The molecule has 14 heavy (non-hydrogen) atoms. The summed E-state index contributed by atoms with van der Waals surface area (Å²) in [4.78, 5) is 13.1. The van der Waals surface area contributed by atoms with Crippen molar-refractivity contribution in [1.82, 2.24) is 0 Å². The van der Waals surface area contributed by atoms with Gasteiger partial charge in [-0.25, -0.2) is 4.79 Å². The van der Waals surface area contributed by atoms with Crippen LogP contribution in [-0.2, 0) is 4.74 Å². The molecule has 4 heteroatoms. The molecular weight excluding hydrogens is 180 g/mol. The highest BCUT2D eigenvalue weighted by Crippen LogP contribution is 2.19. The normalized spacial score (nSPS) is 9.64. The number of hydrogen-bond donors (Lipinski definition) is 1. The standard InChI is InChI=1S/C10H14N2O2/c1-12(2)9-5-7(10(13)14-3)4-8(11)6-9/h4-6H,11H2,1-3H3. The molecule has 0 heterocycles. The van der Waals surface area contributed by atoms with Crippen molar-refractivity contribution < 1.29 is 9.53 Å². The molecule has 0 fully saturated rings. The Labute approximate surface area is 83.3 Å². The van der Waals surface area contributed by atoms with Gasteiger partial charge in [-0.2, -0.15) is 0 Å². The van der Waals surface area contributed by atoms with Crippen LogP contribution in [0.1, 0.15) is 10.4 Å². The summed E-state index contributed by atoms with van der Waals surface area (Å²) in [5.41, 5.74) is 7.56. The number of nitrogens with two attached hydrogens (primary N) is 1. The third kappa shape index (κ3) is 2.16. The number of carbonyl (C=O) groups is 1. The Morgan fingerprint density at radius 3 is 2.50 bits per heavy atom. The topological polar surface area (TPSA) is 55.6 Å². The zero-order valence-corrected chi connectivity index (χ0v) is 8.57. The summed E-state index contributed by atoms with van der Waals surface area (Å²) in [6.45, 7) is 0. The number of nitrogens with zero attached hydrogens (tertiary/aromatic N) is 1. The number of ether oxygens (including phenoxy) is 1. The number of nitrogen functional groups attached to an aromatic ring is 1. The SMILES string of the molecule is COC(=O)c1cc(N)cc(N(C)C)c1. The van der Waals surface area contributed by atoms with Crippen molar-refractivity contribution in [3.63, 3.8) is 0 Å². The second-order valence-electron chi connectivity index (χ2n) is 3.20. The third-order valence-electron chi connectivity index (χ3n) is 1.88. The Morgan fingerprint density at radius 2 is 2.00 bits per heavy atom. The Hall–Kier alpha value is -1.71. The zero-order chi connectivity index (χ0) is 10.7. The molecule has 0 aliphatic heterocycles. The van der Waals surface area contributed by atoms with Gasteiger partial charge >= 0.3 is 5.97 Å². The monoisotopic (exact) mass is 194 g/mol. The molecule has 1 rings (SSSR count). The van der Waals surface area contributed by atoms with Crippen LogP contribution in [0.5, 0.6) is 0 Å². The molecule has 0 saturated carbocycles. The van der Waals surface area contributed by atoms with Crippen LogP contribution < -0.4 is 10.6 Å². The van der Waals surface area contributed by atoms with Crippen LogP contribution in [0.4, 0.5) is 11.4 Å². The van der Waals surface area contributed by atoms with E-state index in [1.165, 1.54) is 7.11 Å². The van der Waals surface area contributed by atoms with E-state index in [1.807, 2.05) is 19.0 Å². The van der Waals surface area contributed by atoms with Gasteiger partial charge in [-0.1, -0.05) is 0 Å². The molecule has 0 aromatic heterocycles. The van der Waals surface area contributed by atoms with Gasteiger partial charge in [-0.3, -0.25) is 0 Å². The maximum Gasteiger partial charge on any atom is 0.337 e. The molecule has 0 atom stereocenters. The summed E-state index contributed by atoms with van der Waals surface area (Å²) in [5, 5.41) is 0. The minimum absolute atomic E-state index is 0.375. The molecule has 0 unspecified atom stereocenters. The van der Waals surface area contributed by atoms with Gasteiger partial charge in [-0.15, -0.1) is 0 Å². The van der Waals surface area contributed by atoms with Gasteiger partial charge in [0.15, 0.2) is 0 Å². The first-order valence-electron chi connectivity index (χ1n) is 4.21. The van der Waals surface area contributed by atoms with E-state index in [9.17, 15) is 4.79 Å². The van der Waals surface area contributed by atoms with E-state index in [0.717, 1.165) is 5.69 Å². The number of benzene rings is 1. The van der Waals surface area contributed by atoms with E-state index in [-0.39, 0.29) is 5.97 Å². The maximum atomic E-state index is 11.2. The smallest absolute Gasteiger partial charge is 0.337 e. The summed E-state index contributed by atoms with van der Waals surface area (Å²) >= 11 is 0. The van der Waals surface area contributed by atoms with E-state index in [4.69, 9.17) is 5.73 Å². The van der Waals surface area contributed by atoms with E-state index in [2.05, 4.69) is 4.74 Å². The summed E-state index contributed by atoms with van der Waals surface area (Å²) in [6.07, 6.45) is 0. The molecule has 76 valence electrons. The largest absolute Gasteiger partial charge is 0.465 e. The van der Waals surface area contributed by atoms with Crippen LogP contribution >= 0.6 is 0 Å². The molecule has 0 amide bonds. The summed E-state index contributed by atoms with van der Waals surface area (Å²) in [5.74, 6) is -0.375. The molecule has 0 spiro atoms. The average molecular weight is 194 g/mol. The Balaban J connectivity index is 3.13. The maximum absolute atomic E-state index is 11.2. The number of esters is 1. The van der Waals surface area contributed by atoms with Crippen LogP contribution in [0, 0.1) is 0 Å². The van der Waals surface area contributed by atoms with E-state index in [0.29, 0.717) is 11.3 Å². The van der Waals surface area contributed by atoms with Gasteiger partial charge in [0.05, 0.1) is 12.7 Å². The van der Waals surface area contributed by atoms with E-state index in [1.54, 1.807) is 18.2 Å². The van der Waals surface area contributed by atoms with Crippen LogP contribution in [-0.4, -0.2) is 27.2 Å². The molecule has 0 bridgehead atoms. The van der Waals surface area contributed by atoms with E-state index >= 15 is 0 Å². The van der Waals surface area contributed by atoms with Crippen LogP contribution in [0.25, 0.3) is 0 Å². The fraction of sp³-hybridized carbons (Fsp3) is 0.300. The zero-order valence-electron chi connectivity index (χ0n) is 8.57. The van der Waals surface area contributed by atoms with Crippen molar-refractivity contribution in [2.75, 3.05) is 31.8 Å². The quantitative estimate of drug-likeness (QED) is 0.566. The van der Waals surface area contributed by atoms with Gasteiger partial charge in [0.1, 0.15) is 0 Å². The number of methoxy groups -OCH3 is 1. The Morgan fingerprint density at radius 1 is 1.36 bits per heavy atom. The number of carbonyl (C=O) groups excluding carboxylic acids is 1. The van der Waals surface area contributed by atoms with Crippen molar-refractivity contribution in [2.45, 2.75) is 0 Å². The van der Waals surface area contributed by atoms with Gasteiger partial charge in [-0.05, 0) is 18.2 Å². The van der Waals surface area contributed by atoms with Gasteiger partial charge in [0.25, 0.3) is 0 Å². The number of hydrogen-bond acceptors (Lipinski definition) is 4. The van der Waals surface area contributed by atoms with Gasteiger partial charge in [0.2, 0.25) is 0 Å². The highest BCUT2D eigenvalue weighted by Gasteiger charge is 2.08. The second kappa shape index (κ2) is 4.00. The van der Waals surface area contributed by atoms with Crippen LogP contribution in [0.15, 0.2) is 18.2 Å². The average Bonchev–Trinajstić information content (AvgIpc) is 2.15. The summed E-state index contributed by atoms with van der Waals surface area (Å²) in [7, 11) is 5.12. The predicted octanol–water partition coefficient (Wildman–Crippen LogP) is 1.12. The first kappa shape index (κ1) is 10.4. The summed E-state index contributed by atoms with van der Waals surface area (Å²) in [6, 6.07) is 5.13. The highest BCUT2D eigenvalue weighted by molar-refractivity contribution is 5.91. The molecule has 0 aliphatic rings. The molecule has 0 radical (unpaired) electrons. The number of rotatable bonds is 2. The first-order chi connectivity index (χ1) is 6.54. The van der Waals surface area contributed by atoms with Crippen molar-refractivity contribution in [2.24, 2.45) is 0 Å². The minimum atomic E-state index is -0.375. The lowest BCUT2D eigenvalue weighted by molar-refractivity contribution is 0.0601. The molecule has 0 aliphatic carbocycles. The van der Waals surface area contributed by atoms with Crippen molar-refractivity contribution >= 4 is 17.3 Å². The van der Waals surface area contributed by atoms with Crippen LogP contribution in [0.3, 0.4) is 0 Å². The van der Waals surface area contributed by atoms with Gasteiger partial charge < -0.3 is 15.4 Å². The fourth-order valence-corrected chi connectivity index (χ4v) is 1.13. The molecule has 0 saturated heterocycles. The third-order valence-corrected chi connectivity index (χ3v) is 1.88. The first-order valence-corrected chi connectivity index (χ1v) is 4.21. The van der Waals surface area contributed by atoms with Gasteiger partial charge in [0, 0.05) is 25.5 Å². The Bertz CT molecular complexity index is 348. The second-order valence-corrected chi connectivity index (χ2v) is 3.20. The molecule has 1 aromatic carbocycles. The molecule has 1 aromatic rings. The molecular formula is C10H14N2O2.